The van der Waals surface area contributed by atoms with E-state index in [2.05, 4.69) is 35.9 Å². The Morgan fingerprint density at radius 3 is 2.67 bits per heavy atom. The molecule has 2 nitrogen and oxygen atoms in total. The molecule has 0 aliphatic carbocycles. The van der Waals surface area contributed by atoms with E-state index in [1.165, 1.54) is 43.9 Å². The number of nitrogens with one attached hydrogen (secondary N) is 1. The van der Waals surface area contributed by atoms with Gasteiger partial charge in [0.1, 0.15) is 0 Å². The minimum atomic E-state index is 0.750. The molecule has 2 aliphatic heterocycles. The van der Waals surface area contributed by atoms with E-state index in [1.54, 1.807) is 0 Å². The molecule has 3 heteroatoms. The fraction of sp³-hybridized carbons (Fsp3) is 1.00. The van der Waals surface area contributed by atoms with Crippen molar-refractivity contribution < 1.29 is 0 Å². The summed E-state index contributed by atoms with van der Waals surface area (Å²) < 4.78 is 0. The van der Waals surface area contributed by atoms with Gasteiger partial charge in [0, 0.05) is 18.6 Å². The van der Waals surface area contributed by atoms with E-state index in [-0.39, 0.29) is 0 Å². The van der Waals surface area contributed by atoms with Crippen LogP contribution in [0.2, 0.25) is 0 Å². The molecule has 0 bridgehead atoms. The summed E-state index contributed by atoms with van der Waals surface area (Å²) in [6, 6.07) is 1.52. The van der Waals surface area contributed by atoms with Crippen LogP contribution in [0.5, 0.6) is 0 Å². The molecule has 2 atom stereocenters. The van der Waals surface area contributed by atoms with Gasteiger partial charge in [0.25, 0.3) is 0 Å². The lowest BCUT2D eigenvalue weighted by atomic mass is 10.0. The number of thioether (sulfide) groups is 1. The van der Waals surface area contributed by atoms with Crippen LogP contribution in [0.1, 0.15) is 26.2 Å². The first-order chi connectivity index (χ1) is 7.25. The molecule has 15 heavy (non-hydrogen) atoms. The van der Waals surface area contributed by atoms with Crippen LogP contribution >= 0.6 is 11.8 Å². The van der Waals surface area contributed by atoms with Crippen molar-refractivity contribution in [3.05, 3.63) is 0 Å². The van der Waals surface area contributed by atoms with Crippen LogP contribution in [-0.4, -0.2) is 48.6 Å². The van der Waals surface area contributed by atoms with Crippen LogP contribution in [0, 0.1) is 5.92 Å². The molecule has 0 aromatic heterocycles. The van der Waals surface area contributed by atoms with Crippen molar-refractivity contribution in [1.29, 1.82) is 0 Å². The summed E-state index contributed by atoms with van der Waals surface area (Å²) in [6.45, 7) is 4.83. The lowest BCUT2D eigenvalue weighted by Crippen LogP contribution is -2.36. The van der Waals surface area contributed by atoms with Gasteiger partial charge in [-0.25, -0.2) is 0 Å². The quantitative estimate of drug-likeness (QED) is 0.793. The fourth-order valence-electron chi connectivity index (χ4n) is 2.63. The van der Waals surface area contributed by atoms with Crippen molar-refractivity contribution in [3.63, 3.8) is 0 Å². The Bertz CT molecular complexity index is 182. The monoisotopic (exact) mass is 228 g/mol. The van der Waals surface area contributed by atoms with Crippen molar-refractivity contribution in [1.82, 2.24) is 10.2 Å². The molecule has 0 spiro atoms. The van der Waals surface area contributed by atoms with Crippen molar-refractivity contribution in [2.75, 3.05) is 31.6 Å². The second-order valence-electron chi connectivity index (χ2n) is 5.19. The first kappa shape index (κ1) is 11.7. The first-order valence-electron chi connectivity index (χ1n) is 6.27. The molecule has 2 aliphatic rings. The molecule has 88 valence electrons. The summed E-state index contributed by atoms with van der Waals surface area (Å²) >= 11 is 2.12. The average Bonchev–Trinajstić information content (AvgIpc) is 2.57. The third-order valence-electron chi connectivity index (χ3n) is 3.92. The Morgan fingerprint density at radius 2 is 2.07 bits per heavy atom. The van der Waals surface area contributed by atoms with Crippen molar-refractivity contribution in [2.24, 2.45) is 5.92 Å². The Morgan fingerprint density at radius 1 is 1.33 bits per heavy atom. The van der Waals surface area contributed by atoms with Gasteiger partial charge in [-0.2, -0.15) is 11.8 Å². The van der Waals surface area contributed by atoms with Crippen LogP contribution in [-0.2, 0) is 0 Å². The van der Waals surface area contributed by atoms with Gasteiger partial charge in [0.05, 0.1) is 0 Å². The molecule has 2 rings (SSSR count). The normalized spacial score (nSPS) is 34.8. The highest BCUT2D eigenvalue weighted by Gasteiger charge is 2.26. The maximum Gasteiger partial charge on any atom is 0.0209 e. The third kappa shape index (κ3) is 3.36. The summed E-state index contributed by atoms with van der Waals surface area (Å²) in [5, 5.41) is 3.76. The highest BCUT2D eigenvalue weighted by Crippen LogP contribution is 2.22. The predicted octanol–water partition coefficient (Wildman–Crippen LogP) is 1.81. The molecule has 0 aromatic rings. The largest absolute Gasteiger partial charge is 0.312 e. The zero-order chi connectivity index (χ0) is 10.7. The maximum absolute atomic E-state index is 3.76. The van der Waals surface area contributed by atoms with Crippen molar-refractivity contribution in [3.8, 4) is 0 Å². The van der Waals surface area contributed by atoms with Gasteiger partial charge in [0.2, 0.25) is 0 Å². The summed E-state index contributed by atoms with van der Waals surface area (Å²) in [5.74, 6) is 3.72. The van der Waals surface area contributed by atoms with Gasteiger partial charge in [-0.15, -0.1) is 0 Å². The summed E-state index contributed by atoms with van der Waals surface area (Å²) in [6.07, 6.45) is 4.18. The molecule has 2 heterocycles. The Hall–Kier alpha value is 0.270. The lowest BCUT2D eigenvalue weighted by molar-refractivity contribution is 0.324. The molecule has 0 saturated carbocycles. The number of likely N-dealkylation sites (N-methyl/N-ethyl adjacent to an activating group) is 1. The topological polar surface area (TPSA) is 15.3 Å². The van der Waals surface area contributed by atoms with E-state index in [1.807, 2.05) is 0 Å². The zero-order valence-corrected chi connectivity index (χ0v) is 10.9. The van der Waals surface area contributed by atoms with E-state index < -0.39 is 0 Å². The molecule has 2 saturated heterocycles. The summed E-state index contributed by atoms with van der Waals surface area (Å²) in [4.78, 5) is 2.47. The molecule has 2 fully saturated rings. The zero-order valence-electron chi connectivity index (χ0n) is 10.0. The lowest BCUT2D eigenvalue weighted by Gasteiger charge is -2.23. The number of hydrogen-bond donors (Lipinski definition) is 1. The number of nitrogens with zero attached hydrogens (tertiary/aromatic N) is 1. The van der Waals surface area contributed by atoms with E-state index in [9.17, 15) is 0 Å². The highest BCUT2D eigenvalue weighted by atomic mass is 32.2. The fourth-order valence-corrected chi connectivity index (χ4v) is 3.83. The van der Waals surface area contributed by atoms with Gasteiger partial charge >= 0.3 is 0 Å². The van der Waals surface area contributed by atoms with E-state index in [4.69, 9.17) is 0 Å². The molecule has 0 aromatic carbocycles. The highest BCUT2D eigenvalue weighted by molar-refractivity contribution is 7.99. The minimum absolute atomic E-state index is 0.750. The Kier molecular flexibility index (Phi) is 4.35. The van der Waals surface area contributed by atoms with Crippen LogP contribution in [0.15, 0.2) is 0 Å². The van der Waals surface area contributed by atoms with Crippen LogP contribution in [0.3, 0.4) is 0 Å². The standard InChI is InChI=1S/C12H24N2S/c1-10-7-12(9-14(10)2)13-8-11-3-5-15-6-4-11/h10-13H,3-9H2,1-2H3. The van der Waals surface area contributed by atoms with Crippen molar-refractivity contribution in [2.45, 2.75) is 38.3 Å². The second kappa shape index (κ2) is 5.55. The molecule has 0 amide bonds. The maximum atomic E-state index is 3.76. The van der Waals surface area contributed by atoms with Crippen LogP contribution < -0.4 is 5.32 Å². The summed E-state index contributed by atoms with van der Waals surface area (Å²) in [5.41, 5.74) is 0. The molecule has 2 unspecified atom stereocenters. The van der Waals surface area contributed by atoms with Gasteiger partial charge in [-0.1, -0.05) is 0 Å². The molecular weight excluding hydrogens is 204 g/mol. The van der Waals surface area contributed by atoms with E-state index in [0.29, 0.717) is 0 Å². The van der Waals surface area contributed by atoms with Gasteiger partial charge < -0.3 is 10.2 Å². The minimum Gasteiger partial charge on any atom is -0.312 e. The number of hydrogen-bond acceptors (Lipinski definition) is 3. The number of likely N-dealkylation sites (tertiary alicyclic amines) is 1. The number of rotatable bonds is 3. The van der Waals surface area contributed by atoms with Gasteiger partial charge in [0.15, 0.2) is 0 Å². The van der Waals surface area contributed by atoms with E-state index >= 15 is 0 Å². The van der Waals surface area contributed by atoms with Gasteiger partial charge in [-0.3, -0.25) is 0 Å². The molecule has 1 N–H and O–H groups in total. The first-order valence-corrected chi connectivity index (χ1v) is 7.42. The van der Waals surface area contributed by atoms with Gasteiger partial charge in [-0.05, 0) is 57.2 Å². The second-order valence-corrected chi connectivity index (χ2v) is 6.41. The molecule has 0 radical (unpaired) electrons. The average molecular weight is 228 g/mol. The van der Waals surface area contributed by atoms with E-state index in [0.717, 1.165) is 18.0 Å². The van der Waals surface area contributed by atoms with Crippen LogP contribution in [0.25, 0.3) is 0 Å². The third-order valence-corrected chi connectivity index (χ3v) is 4.97. The SMILES string of the molecule is CC1CC(NCC2CCSCC2)CN1C. The Balaban J connectivity index is 1.65. The van der Waals surface area contributed by atoms with Crippen molar-refractivity contribution >= 4 is 11.8 Å². The predicted molar refractivity (Wildman–Crippen MR) is 68.5 cm³/mol. The Labute approximate surface area is 98.2 Å². The smallest absolute Gasteiger partial charge is 0.0209 e. The molecular formula is C12H24N2S. The van der Waals surface area contributed by atoms with Crippen LogP contribution in [0.4, 0.5) is 0 Å². The summed E-state index contributed by atoms with van der Waals surface area (Å²) in [7, 11) is 2.24.